The summed E-state index contributed by atoms with van der Waals surface area (Å²) in [5.41, 5.74) is 10.7. The summed E-state index contributed by atoms with van der Waals surface area (Å²) in [6.07, 6.45) is 18.6. The Bertz CT molecular complexity index is 2900. The lowest BCUT2D eigenvalue weighted by molar-refractivity contribution is 0.0392. The molecule has 0 amide bonds. The van der Waals surface area contributed by atoms with E-state index in [1.165, 1.54) is 11.1 Å². The Hall–Kier alpha value is -7.02. The van der Waals surface area contributed by atoms with Gasteiger partial charge < -0.3 is 19.3 Å². The van der Waals surface area contributed by atoms with Crippen molar-refractivity contribution in [2.45, 2.75) is 117 Å². The fourth-order valence-corrected chi connectivity index (χ4v) is 9.40. The molecule has 0 aliphatic carbocycles. The molecule has 12 heteroatoms. The monoisotopic (exact) mass is 907 g/mol. The number of aryl methyl sites for hydroxylation is 6. The van der Waals surface area contributed by atoms with Crippen LogP contribution in [0, 0.1) is 27.7 Å². The lowest BCUT2D eigenvalue weighted by Gasteiger charge is -2.32. The second-order valence-corrected chi connectivity index (χ2v) is 19.1. The molecule has 4 aromatic heterocycles. The maximum Gasteiger partial charge on any atom is 0.174 e. The molecule has 0 fully saturated rings. The van der Waals surface area contributed by atoms with Gasteiger partial charge in [-0.1, -0.05) is 101 Å². The van der Waals surface area contributed by atoms with Gasteiger partial charge in [-0.3, -0.25) is 0 Å². The van der Waals surface area contributed by atoms with Crippen molar-refractivity contribution in [3.8, 4) is 11.4 Å². The average Bonchev–Trinajstić information content (AvgIpc) is 4.16. The largest absolute Gasteiger partial charge is 0.377 e. The molecule has 2 aliphatic rings. The maximum atomic E-state index is 11.6. The highest BCUT2D eigenvalue weighted by molar-refractivity contribution is 5.69. The Balaban J connectivity index is 0.000000170. The summed E-state index contributed by atoms with van der Waals surface area (Å²) in [4.78, 5) is 18.1. The number of nitrogens with zero attached hydrogens (tertiary/aromatic N) is 10. The van der Waals surface area contributed by atoms with Crippen LogP contribution in [-0.2, 0) is 24.3 Å². The molecule has 2 atom stereocenters. The molecule has 0 radical (unpaired) electrons. The number of aromatic nitrogens is 10. The van der Waals surface area contributed by atoms with Crippen LogP contribution in [0.5, 0.6) is 0 Å². The van der Waals surface area contributed by atoms with Crippen molar-refractivity contribution in [2.24, 2.45) is 0 Å². The highest BCUT2D eigenvalue weighted by Crippen LogP contribution is 2.39. The molecule has 2 aliphatic heterocycles. The van der Waals surface area contributed by atoms with Gasteiger partial charge in [-0.15, -0.1) is 0 Å². The Labute approximate surface area is 399 Å². The van der Waals surface area contributed by atoms with Crippen molar-refractivity contribution in [1.29, 1.82) is 0 Å². The zero-order chi connectivity index (χ0) is 47.7. The molecule has 6 heterocycles. The maximum absolute atomic E-state index is 11.6. The van der Waals surface area contributed by atoms with Gasteiger partial charge in [0.25, 0.3) is 0 Å². The van der Waals surface area contributed by atoms with E-state index >= 15 is 0 Å². The minimum absolute atomic E-state index is 0.456. The summed E-state index contributed by atoms with van der Waals surface area (Å²) in [6, 6.07) is 29.2. The lowest BCUT2D eigenvalue weighted by Crippen LogP contribution is -2.35. The third-order valence-electron chi connectivity index (χ3n) is 13.3. The van der Waals surface area contributed by atoms with E-state index in [0.29, 0.717) is 48.0 Å². The number of rotatable bonds is 10. The SMILES string of the molecule is Cc1cn(-c2ccc(/C=C/c3nc4n(n3)CCC[C@@]4(O)c3ccc(C(C)C)cc3)cc2C)cn1.Cc1cn(-c2ccc(/C=C/c3nc4n(n3)CCC[C@]4(O)c3ccc(C(C)C)cc3)cc2C)cn1. The average molecular weight is 907 g/mol. The van der Waals surface area contributed by atoms with E-state index in [1.54, 1.807) is 0 Å². The Morgan fingerprint density at radius 1 is 0.529 bits per heavy atom. The van der Waals surface area contributed by atoms with E-state index in [0.717, 1.165) is 82.1 Å². The van der Waals surface area contributed by atoms with Gasteiger partial charge in [-0.05, 0) is 146 Å². The number of benzene rings is 4. The molecule has 348 valence electrons. The predicted molar refractivity (Wildman–Crippen MR) is 270 cm³/mol. The summed E-state index contributed by atoms with van der Waals surface area (Å²) in [6.45, 7) is 18.4. The highest BCUT2D eigenvalue weighted by Gasteiger charge is 2.41. The van der Waals surface area contributed by atoms with Crippen LogP contribution in [0.3, 0.4) is 0 Å². The highest BCUT2D eigenvalue weighted by atomic mass is 16.3. The molecular formula is C56H62N10O2. The third-order valence-corrected chi connectivity index (χ3v) is 13.3. The van der Waals surface area contributed by atoms with Gasteiger partial charge in [0, 0.05) is 36.9 Å². The lowest BCUT2D eigenvalue weighted by atomic mass is 9.85. The fraction of sp³-hybridized carbons (Fsp3) is 0.321. The van der Waals surface area contributed by atoms with Gasteiger partial charge in [-0.25, -0.2) is 29.3 Å². The van der Waals surface area contributed by atoms with Crippen LogP contribution in [0.2, 0.25) is 0 Å². The van der Waals surface area contributed by atoms with Crippen molar-refractivity contribution in [3.05, 3.63) is 189 Å². The van der Waals surface area contributed by atoms with Crippen molar-refractivity contribution >= 4 is 24.3 Å². The molecule has 4 aromatic carbocycles. The summed E-state index contributed by atoms with van der Waals surface area (Å²) in [5, 5.41) is 32.6. The zero-order valence-electron chi connectivity index (χ0n) is 40.5. The molecule has 0 bridgehead atoms. The molecule has 0 saturated carbocycles. The Morgan fingerprint density at radius 3 is 1.26 bits per heavy atom. The molecule has 10 rings (SSSR count). The Morgan fingerprint density at radius 2 is 0.926 bits per heavy atom. The first-order valence-corrected chi connectivity index (χ1v) is 23.8. The first-order chi connectivity index (χ1) is 32.7. The van der Waals surface area contributed by atoms with E-state index in [-0.39, 0.29) is 0 Å². The Kier molecular flexibility index (Phi) is 12.8. The van der Waals surface area contributed by atoms with Crippen LogP contribution >= 0.6 is 0 Å². The first-order valence-electron chi connectivity index (χ1n) is 23.8. The van der Waals surface area contributed by atoms with Crippen molar-refractivity contribution in [1.82, 2.24) is 48.6 Å². The van der Waals surface area contributed by atoms with E-state index in [1.807, 2.05) is 106 Å². The van der Waals surface area contributed by atoms with Crippen LogP contribution in [0.15, 0.2) is 110 Å². The molecule has 0 unspecified atom stereocenters. The van der Waals surface area contributed by atoms with Crippen LogP contribution in [-0.4, -0.2) is 58.8 Å². The zero-order valence-corrected chi connectivity index (χ0v) is 40.5. The van der Waals surface area contributed by atoms with E-state index in [2.05, 4.69) is 122 Å². The standard InChI is InChI=1S/2C28H31N5O/c2*1-19(2)23-8-10-24(11-9-23)28(34)14-5-15-33-27(28)30-26(31-33)13-7-22-6-12-25(20(3)16-22)32-17-21(4)29-18-32/h2*6-13,16-19,34H,5,14-15H2,1-4H3/b2*13-7+/t2*28-/m10/s1. The molecule has 0 saturated heterocycles. The summed E-state index contributed by atoms with van der Waals surface area (Å²) < 4.78 is 7.79. The normalized spacial score (nSPS) is 18.1. The quantitative estimate of drug-likeness (QED) is 0.138. The molecule has 12 nitrogen and oxygen atoms in total. The van der Waals surface area contributed by atoms with Gasteiger partial charge in [0.2, 0.25) is 0 Å². The fourth-order valence-electron chi connectivity index (χ4n) is 9.40. The predicted octanol–water partition coefficient (Wildman–Crippen LogP) is 10.8. The van der Waals surface area contributed by atoms with E-state index in [4.69, 9.17) is 9.97 Å². The second-order valence-electron chi connectivity index (χ2n) is 19.1. The number of hydrogen-bond donors (Lipinski definition) is 2. The summed E-state index contributed by atoms with van der Waals surface area (Å²) in [5.74, 6) is 3.38. The van der Waals surface area contributed by atoms with Gasteiger partial charge in [-0.2, -0.15) is 10.2 Å². The molecule has 68 heavy (non-hydrogen) atoms. The van der Waals surface area contributed by atoms with Crippen molar-refractivity contribution in [3.63, 3.8) is 0 Å². The minimum Gasteiger partial charge on any atom is -0.377 e. The van der Waals surface area contributed by atoms with Gasteiger partial charge in [0.05, 0.1) is 24.0 Å². The van der Waals surface area contributed by atoms with Gasteiger partial charge in [0.1, 0.15) is 11.2 Å². The van der Waals surface area contributed by atoms with Crippen molar-refractivity contribution < 1.29 is 10.2 Å². The van der Waals surface area contributed by atoms with Gasteiger partial charge >= 0.3 is 0 Å². The first kappa shape index (κ1) is 46.1. The van der Waals surface area contributed by atoms with Gasteiger partial charge in [0.15, 0.2) is 23.3 Å². The number of hydrogen-bond acceptors (Lipinski definition) is 8. The van der Waals surface area contributed by atoms with E-state index < -0.39 is 11.2 Å². The number of aliphatic hydroxyl groups is 2. The molecule has 0 spiro atoms. The molecule has 2 N–H and O–H groups in total. The van der Waals surface area contributed by atoms with Crippen molar-refractivity contribution in [2.75, 3.05) is 0 Å². The smallest absolute Gasteiger partial charge is 0.174 e. The molecular weight excluding hydrogens is 845 g/mol. The summed E-state index contributed by atoms with van der Waals surface area (Å²) in [7, 11) is 0. The van der Waals surface area contributed by atoms with Crippen LogP contribution in [0.25, 0.3) is 35.7 Å². The number of imidazole rings is 2. The summed E-state index contributed by atoms with van der Waals surface area (Å²) >= 11 is 0. The number of fused-ring (bicyclic) bond motifs is 2. The minimum atomic E-state index is -1.12. The molecule has 8 aromatic rings. The third kappa shape index (κ3) is 9.43. The topological polar surface area (TPSA) is 138 Å². The van der Waals surface area contributed by atoms with Crippen LogP contribution < -0.4 is 0 Å². The van der Waals surface area contributed by atoms with Crippen LogP contribution in [0.1, 0.15) is 144 Å². The van der Waals surface area contributed by atoms with E-state index in [9.17, 15) is 10.2 Å². The van der Waals surface area contributed by atoms with Crippen LogP contribution in [0.4, 0.5) is 0 Å². The second kappa shape index (κ2) is 18.9.